The maximum absolute atomic E-state index is 15.2. The summed E-state index contributed by atoms with van der Waals surface area (Å²) in [5, 5.41) is 13.7. The highest BCUT2D eigenvalue weighted by atomic mass is 32.2. The third kappa shape index (κ3) is 8.78. The fraction of sp³-hybridized carbons (Fsp3) is 0.295. The molecule has 1 aromatic heterocycles. The van der Waals surface area contributed by atoms with Gasteiger partial charge in [-0.25, -0.2) is 8.42 Å². The zero-order valence-corrected chi connectivity index (χ0v) is 33.4. The number of nitrogens with zero attached hydrogens (tertiary/aromatic N) is 6. The summed E-state index contributed by atoms with van der Waals surface area (Å²) in [7, 11) is 5.22. The molecule has 0 N–H and O–H groups in total. The molecule has 0 amide bonds. The molecule has 5 aromatic carbocycles. The smallest absolute Gasteiger partial charge is 0.244 e. The van der Waals surface area contributed by atoms with Crippen LogP contribution in [0.3, 0.4) is 0 Å². The van der Waals surface area contributed by atoms with Crippen LogP contribution in [-0.2, 0) is 29.7 Å². The average Bonchev–Trinajstić information content (AvgIpc) is 3.69. The first kappa shape index (κ1) is 38.7. The summed E-state index contributed by atoms with van der Waals surface area (Å²) in [6.07, 6.45) is 2.26. The number of sulfonamides is 1. The van der Waals surface area contributed by atoms with E-state index < -0.39 is 10.0 Å². The van der Waals surface area contributed by atoms with E-state index in [1.165, 1.54) is 14.7 Å². The summed E-state index contributed by atoms with van der Waals surface area (Å²) in [4.78, 5) is 1.58. The van der Waals surface area contributed by atoms with Crippen LogP contribution < -0.4 is 14.2 Å². The van der Waals surface area contributed by atoms with Crippen LogP contribution in [0, 0.1) is 0 Å². The molecular weight excluding hydrogens is 725 g/mol. The van der Waals surface area contributed by atoms with Crippen molar-refractivity contribution in [3.05, 3.63) is 138 Å². The van der Waals surface area contributed by atoms with Crippen LogP contribution in [0.4, 0.5) is 0 Å². The Labute approximate surface area is 329 Å². The summed E-state index contributed by atoms with van der Waals surface area (Å²) in [6, 6.07) is 36.4. The van der Waals surface area contributed by atoms with Gasteiger partial charge >= 0.3 is 0 Å². The van der Waals surface area contributed by atoms with E-state index in [9.17, 15) is 0 Å². The molecule has 1 saturated heterocycles. The Balaban J connectivity index is 1.31. The van der Waals surface area contributed by atoms with Crippen molar-refractivity contribution in [1.29, 1.82) is 0 Å². The highest BCUT2D eigenvalue weighted by Crippen LogP contribution is 2.39. The lowest BCUT2D eigenvalue weighted by molar-refractivity contribution is -0.895. The lowest BCUT2D eigenvalue weighted by Gasteiger charge is -2.37. The predicted octanol–water partition coefficient (Wildman–Crippen LogP) is 7.43. The number of rotatable bonds is 14. The van der Waals surface area contributed by atoms with Gasteiger partial charge in [0.2, 0.25) is 15.8 Å². The largest absolute Gasteiger partial charge is 0.497 e. The van der Waals surface area contributed by atoms with Crippen LogP contribution in [-0.4, -0.2) is 85.9 Å². The Morgan fingerprint density at radius 3 is 1.73 bits per heavy atom. The summed E-state index contributed by atoms with van der Waals surface area (Å²) in [5.41, 5.74) is 5.84. The van der Waals surface area contributed by atoms with Crippen molar-refractivity contribution in [1.82, 2.24) is 24.5 Å². The molecule has 0 unspecified atom stereocenters. The standard InChI is InChI=1S/C44H49N6O5S/c1-50(2)27-25-36(26-28-50)35-15-17-37(18-16-35)41-7-6-8-42(43(41)44-45-47-49(46-44)31-34-13-23-40(55-5)24-14-34)56(51,52)48(29-32-9-19-38(53-3)20-10-32)30-33-11-21-39(54-4)22-12-33/h6-24,36H,25-31H2,1-5H3/q+1. The molecule has 0 saturated carbocycles. The van der Waals surface area contributed by atoms with Gasteiger partial charge in [0.15, 0.2) is 0 Å². The van der Waals surface area contributed by atoms with E-state index >= 15 is 8.42 Å². The van der Waals surface area contributed by atoms with Gasteiger partial charge in [-0.2, -0.15) is 9.10 Å². The van der Waals surface area contributed by atoms with E-state index in [0.717, 1.165) is 58.4 Å². The second-order valence-electron chi connectivity index (χ2n) is 14.9. The normalized spacial score (nSPS) is 14.5. The Kier molecular flexibility index (Phi) is 11.5. The zero-order chi connectivity index (χ0) is 39.3. The van der Waals surface area contributed by atoms with Crippen molar-refractivity contribution in [2.45, 2.75) is 43.3 Å². The molecule has 0 spiro atoms. The van der Waals surface area contributed by atoms with E-state index in [4.69, 9.17) is 19.3 Å². The SMILES string of the molecule is COc1ccc(CN(Cc2ccc(OC)cc2)S(=O)(=O)c2cccc(-c3ccc(C4CC[N+](C)(C)CC4)cc3)c2-c2nnn(Cc3ccc(OC)cc3)n2)cc1. The van der Waals surface area contributed by atoms with E-state index in [0.29, 0.717) is 35.1 Å². The Morgan fingerprint density at radius 2 is 1.21 bits per heavy atom. The fourth-order valence-electron chi connectivity index (χ4n) is 7.29. The first-order valence-corrected chi connectivity index (χ1v) is 20.2. The van der Waals surface area contributed by atoms with Crippen LogP contribution in [0.15, 0.2) is 120 Å². The molecule has 2 heterocycles. The average molecular weight is 774 g/mol. The minimum absolute atomic E-state index is 0.0948. The van der Waals surface area contributed by atoms with Gasteiger partial charge in [-0.3, -0.25) is 0 Å². The maximum atomic E-state index is 15.2. The molecule has 0 atom stereocenters. The molecule has 1 aliphatic rings. The Morgan fingerprint density at radius 1 is 0.696 bits per heavy atom. The lowest BCUT2D eigenvalue weighted by atomic mass is 9.87. The molecule has 0 aliphatic carbocycles. The highest BCUT2D eigenvalue weighted by Gasteiger charge is 2.32. The van der Waals surface area contributed by atoms with Gasteiger partial charge in [0, 0.05) is 25.9 Å². The van der Waals surface area contributed by atoms with Gasteiger partial charge in [-0.1, -0.05) is 72.8 Å². The number of benzene rings is 5. The van der Waals surface area contributed by atoms with Crippen molar-refractivity contribution in [2.24, 2.45) is 0 Å². The van der Waals surface area contributed by atoms with Crippen LogP contribution in [0.25, 0.3) is 22.5 Å². The first-order chi connectivity index (χ1) is 27.0. The quantitative estimate of drug-likeness (QED) is 0.105. The van der Waals surface area contributed by atoms with Crippen LogP contribution >= 0.6 is 0 Å². The van der Waals surface area contributed by atoms with Gasteiger partial charge in [0.25, 0.3) is 0 Å². The Bertz CT molecular complexity index is 2280. The number of quaternary nitrogens is 1. The minimum atomic E-state index is -4.19. The number of aromatic nitrogens is 4. The monoisotopic (exact) mass is 773 g/mol. The van der Waals surface area contributed by atoms with Crippen LogP contribution in [0.1, 0.15) is 41.0 Å². The molecule has 6 aromatic rings. The molecule has 290 valence electrons. The second kappa shape index (κ2) is 16.7. The molecule has 0 bridgehead atoms. The molecule has 1 aliphatic heterocycles. The third-order valence-corrected chi connectivity index (χ3v) is 12.5. The van der Waals surface area contributed by atoms with E-state index in [1.54, 1.807) is 33.5 Å². The van der Waals surface area contributed by atoms with Crippen LogP contribution in [0.2, 0.25) is 0 Å². The topological polar surface area (TPSA) is 109 Å². The van der Waals surface area contributed by atoms with Crippen LogP contribution in [0.5, 0.6) is 17.2 Å². The summed E-state index contributed by atoms with van der Waals surface area (Å²) < 4.78 is 49.0. The predicted molar refractivity (Wildman–Crippen MR) is 217 cm³/mol. The number of piperidine rings is 1. The number of methoxy groups -OCH3 is 3. The lowest BCUT2D eigenvalue weighted by Crippen LogP contribution is -2.45. The summed E-state index contributed by atoms with van der Waals surface area (Å²) in [5.74, 6) is 2.84. The minimum Gasteiger partial charge on any atom is -0.497 e. The number of likely N-dealkylation sites (tertiary alicyclic amines) is 1. The molecule has 0 radical (unpaired) electrons. The molecule has 1 fully saturated rings. The molecular formula is C44H49N6O5S+. The number of tetrazole rings is 1. The van der Waals surface area contributed by atoms with E-state index in [1.807, 2.05) is 78.9 Å². The number of hydrogen-bond acceptors (Lipinski definition) is 8. The first-order valence-electron chi connectivity index (χ1n) is 18.8. The van der Waals surface area contributed by atoms with Gasteiger partial charge < -0.3 is 18.7 Å². The number of ether oxygens (including phenoxy) is 3. The maximum Gasteiger partial charge on any atom is 0.244 e. The van der Waals surface area contributed by atoms with Crippen molar-refractivity contribution in [3.63, 3.8) is 0 Å². The highest BCUT2D eigenvalue weighted by molar-refractivity contribution is 7.89. The summed E-state index contributed by atoms with van der Waals surface area (Å²) >= 11 is 0. The molecule has 56 heavy (non-hydrogen) atoms. The van der Waals surface area contributed by atoms with E-state index in [-0.39, 0.29) is 23.8 Å². The summed E-state index contributed by atoms with van der Waals surface area (Å²) in [6.45, 7) is 2.85. The van der Waals surface area contributed by atoms with Gasteiger partial charge in [-0.05, 0) is 87.0 Å². The van der Waals surface area contributed by atoms with Gasteiger partial charge in [-0.15, -0.1) is 10.2 Å². The van der Waals surface area contributed by atoms with Crippen molar-refractivity contribution in [3.8, 4) is 39.8 Å². The van der Waals surface area contributed by atoms with Crippen molar-refractivity contribution in [2.75, 3.05) is 48.5 Å². The second-order valence-corrected chi connectivity index (χ2v) is 16.8. The van der Waals surface area contributed by atoms with Gasteiger partial charge in [0.1, 0.15) is 17.2 Å². The van der Waals surface area contributed by atoms with Gasteiger partial charge in [0.05, 0.1) is 65.5 Å². The molecule has 11 nitrogen and oxygen atoms in total. The molecule has 12 heteroatoms. The number of hydrogen-bond donors (Lipinski definition) is 0. The molecule has 7 rings (SSSR count). The Hall–Kier alpha value is -5.56. The third-order valence-electron chi connectivity index (χ3n) is 10.7. The van der Waals surface area contributed by atoms with E-state index in [2.05, 4.69) is 48.7 Å². The fourth-order valence-corrected chi connectivity index (χ4v) is 8.92. The van der Waals surface area contributed by atoms with Crippen molar-refractivity contribution < 1.29 is 27.1 Å². The zero-order valence-electron chi connectivity index (χ0n) is 32.6. The van der Waals surface area contributed by atoms with Crippen molar-refractivity contribution >= 4 is 10.0 Å².